The van der Waals surface area contributed by atoms with Crippen molar-refractivity contribution >= 4 is 29.1 Å². The van der Waals surface area contributed by atoms with Crippen LogP contribution in [0, 0.1) is 6.92 Å². The second-order valence-corrected chi connectivity index (χ2v) is 5.35. The number of hydrogen-bond donors (Lipinski definition) is 3. The highest BCUT2D eigenvalue weighted by Crippen LogP contribution is 2.16. The lowest BCUT2D eigenvalue weighted by atomic mass is 10.4. The van der Waals surface area contributed by atoms with Crippen LogP contribution in [0.3, 0.4) is 0 Å². The first-order chi connectivity index (χ1) is 12.0. The number of fused-ring (bicyclic) bond motifs is 1. The summed E-state index contributed by atoms with van der Waals surface area (Å²) in [4.78, 5) is 27.1. The summed E-state index contributed by atoms with van der Waals surface area (Å²) >= 11 is 0. The molecule has 1 amide bonds. The molecule has 0 saturated carbocycles. The summed E-state index contributed by atoms with van der Waals surface area (Å²) in [7, 11) is 0. The average molecular weight is 348 g/mol. The van der Waals surface area contributed by atoms with E-state index in [1.54, 1.807) is 0 Å². The molecule has 0 atom stereocenters. The van der Waals surface area contributed by atoms with E-state index in [2.05, 4.69) is 30.6 Å². The minimum atomic E-state index is -0.407. The Bertz CT molecular complexity index is 760. The van der Waals surface area contributed by atoms with Crippen LogP contribution in [0.25, 0.3) is 11.2 Å². The van der Waals surface area contributed by atoms with Gasteiger partial charge in [0.1, 0.15) is 0 Å². The number of aliphatic imine (C=N–C) groups is 1. The van der Waals surface area contributed by atoms with Crippen LogP contribution in [-0.4, -0.2) is 63.1 Å². The molecule has 0 fully saturated rings. The number of guanidine groups is 1. The number of nitrogens with zero attached hydrogens (tertiary/aromatic N) is 7. The number of rotatable bonds is 7. The van der Waals surface area contributed by atoms with Crippen LogP contribution in [0.15, 0.2) is 4.99 Å². The smallest absolute Gasteiger partial charge is 0.345 e. The third kappa shape index (κ3) is 4.31. The second kappa shape index (κ2) is 8.22. The number of hydrogen-bond acceptors (Lipinski definition) is 7. The van der Waals surface area contributed by atoms with Gasteiger partial charge in [0.2, 0.25) is 5.95 Å². The SMILES string of the molecule is CCN(CC)c1nc(C)c2nnn(C(=O)NCCCN=C(N)N)c2n1. The fourth-order valence-electron chi connectivity index (χ4n) is 2.28. The van der Waals surface area contributed by atoms with Gasteiger partial charge in [-0.3, -0.25) is 4.99 Å². The van der Waals surface area contributed by atoms with E-state index < -0.39 is 6.03 Å². The summed E-state index contributed by atoms with van der Waals surface area (Å²) in [5.41, 5.74) is 12.1. The lowest BCUT2D eigenvalue weighted by Crippen LogP contribution is -2.31. The van der Waals surface area contributed by atoms with Crippen molar-refractivity contribution < 1.29 is 4.79 Å². The molecule has 136 valence electrons. The average Bonchev–Trinajstić information content (AvgIpc) is 3.00. The van der Waals surface area contributed by atoms with Gasteiger partial charge in [-0.1, -0.05) is 5.21 Å². The van der Waals surface area contributed by atoms with E-state index in [1.807, 2.05) is 25.7 Å². The molecule has 0 bridgehead atoms. The highest BCUT2D eigenvalue weighted by atomic mass is 16.2. The zero-order valence-corrected chi connectivity index (χ0v) is 14.7. The van der Waals surface area contributed by atoms with Crippen LogP contribution in [0.1, 0.15) is 26.0 Å². The normalized spacial score (nSPS) is 10.7. The molecule has 11 heteroatoms. The predicted octanol–water partition coefficient (Wildman–Crippen LogP) is -0.403. The third-order valence-electron chi connectivity index (χ3n) is 3.61. The van der Waals surface area contributed by atoms with Crippen LogP contribution in [0.2, 0.25) is 0 Å². The van der Waals surface area contributed by atoms with Crippen molar-refractivity contribution in [2.45, 2.75) is 27.2 Å². The van der Waals surface area contributed by atoms with Crippen molar-refractivity contribution in [1.82, 2.24) is 30.3 Å². The summed E-state index contributed by atoms with van der Waals surface area (Å²) in [5.74, 6) is 0.587. The summed E-state index contributed by atoms with van der Waals surface area (Å²) in [5, 5.41) is 10.7. The number of carbonyl (C=O) groups is 1. The monoisotopic (exact) mass is 348 g/mol. The lowest BCUT2D eigenvalue weighted by molar-refractivity contribution is 0.240. The molecular weight excluding hydrogens is 324 g/mol. The minimum absolute atomic E-state index is 0.0321. The maximum atomic E-state index is 12.3. The topological polar surface area (TPSA) is 153 Å². The van der Waals surface area contributed by atoms with E-state index in [0.29, 0.717) is 42.3 Å². The van der Waals surface area contributed by atoms with Crippen LogP contribution < -0.4 is 21.7 Å². The Kier molecular flexibility index (Phi) is 6.03. The number of anilines is 1. The molecule has 0 aliphatic carbocycles. The van der Waals surface area contributed by atoms with Crippen molar-refractivity contribution in [3.05, 3.63) is 5.69 Å². The van der Waals surface area contributed by atoms with E-state index in [9.17, 15) is 4.79 Å². The summed E-state index contributed by atoms with van der Waals surface area (Å²) in [6.45, 7) is 8.23. The first-order valence-electron chi connectivity index (χ1n) is 8.16. The van der Waals surface area contributed by atoms with Gasteiger partial charge in [-0.15, -0.1) is 9.78 Å². The molecule has 0 saturated heterocycles. The fraction of sp³-hybridized carbons (Fsp3) is 0.571. The summed E-state index contributed by atoms with van der Waals surface area (Å²) < 4.78 is 1.15. The van der Waals surface area contributed by atoms with E-state index >= 15 is 0 Å². The largest absolute Gasteiger partial charge is 0.370 e. The van der Waals surface area contributed by atoms with Crippen molar-refractivity contribution in [2.75, 3.05) is 31.1 Å². The molecule has 0 unspecified atom stereocenters. The first-order valence-corrected chi connectivity index (χ1v) is 8.16. The molecule has 2 rings (SSSR count). The van der Waals surface area contributed by atoms with Crippen molar-refractivity contribution in [3.8, 4) is 0 Å². The van der Waals surface area contributed by atoms with Gasteiger partial charge in [0, 0.05) is 26.2 Å². The number of nitrogens with two attached hydrogens (primary N) is 2. The van der Waals surface area contributed by atoms with E-state index in [1.165, 1.54) is 0 Å². The number of nitrogens with one attached hydrogen (secondary N) is 1. The zero-order chi connectivity index (χ0) is 18.4. The van der Waals surface area contributed by atoms with Gasteiger partial charge in [-0.05, 0) is 27.2 Å². The third-order valence-corrected chi connectivity index (χ3v) is 3.61. The minimum Gasteiger partial charge on any atom is -0.370 e. The second-order valence-electron chi connectivity index (χ2n) is 5.35. The molecule has 5 N–H and O–H groups in total. The quantitative estimate of drug-likeness (QED) is 0.347. The predicted molar refractivity (Wildman–Crippen MR) is 95.5 cm³/mol. The Labute approximate surface area is 145 Å². The molecule has 2 heterocycles. The van der Waals surface area contributed by atoms with Crippen molar-refractivity contribution in [3.63, 3.8) is 0 Å². The molecule has 2 aromatic heterocycles. The molecule has 0 spiro atoms. The molecule has 25 heavy (non-hydrogen) atoms. The molecule has 11 nitrogen and oxygen atoms in total. The number of amides is 1. The van der Waals surface area contributed by atoms with Crippen molar-refractivity contribution in [2.24, 2.45) is 16.5 Å². The Morgan fingerprint density at radius 3 is 2.64 bits per heavy atom. The lowest BCUT2D eigenvalue weighted by Gasteiger charge is -2.18. The molecule has 0 aromatic carbocycles. The van der Waals surface area contributed by atoms with Crippen LogP contribution in [0.5, 0.6) is 0 Å². The summed E-state index contributed by atoms with van der Waals surface area (Å²) in [6, 6.07) is -0.407. The number of aromatic nitrogens is 5. The molecule has 0 aliphatic heterocycles. The Morgan fingerprint density at radius 2 is 2.00 bits per heavy atom. The van der Waals surface area contributed by atoms with Crippen LogP contribution in [0.4, 0.5) is 10.7 Å². The zero-order valence-electron chi connectivity index (χ0n) is 14.7. The molecule has 2 aromatic rings. The number of aryl methyl sites for hydroxylation is 1. The van der Waals surface area contributed by atoms with Crippen molar-refractivity contribution in [1.29, 1.82) is 0 Å². The van der Waals surface area contributed by atoms with Gasteiger partial charge in [-0.25, -0.2) is 9.78 Å². The Balaban J connectivity index is 2.17. The highest BCUT2D eigenvalue weighted by molar-refractivity contribution is 5.86. The molecule has 0 radical (unpaired) electrons. The highest BCUT2D eigenvalue weighted by Gasteiger charge is 2.18. The van der Waals surface area contributed by atoms with E-state index in [4.69, 9.17) is 11.5 Å². The Hall–Kier alpha value is -2.98. The maximum absolute atomic E-state index is 12.3. The molecule has 0 aliphatic rings. The van der Waals surface area contributed by atoms with Gasteiger partial charge in [0.05, 0.1) is 5.69 Å². The number of carbonyl (C=O) groups excluding carboxylic acids is 1. The van der Waals surface area contributed by atoms with Gasteiger partial charge in [-0.2, -0.15) is 4.98 Å². The molecular formula is C14H24N10O. The van der Waals surface area contributed by atoms with Gasteiger partial charge < -0.3 is 21.7 Å². The Morgan fingerprint density at radius 1 is 1.28 bits per heavy atom. The van der Waals surface area contributed by atoms with Gasteiger partial charge in [0.15, 0.2) is 17.1 Å². The van der Waals surface area contributed by atoms with Gasteiger partial charge >= 0.3 is 6.03 Å². The standard InChI is InChI=1S/C14H24N10O/c1-4-23(5-2)13-19-9(3)10-11(20-13)24(22-21-10)14(25)18-8-6-7-17-12(15)16/h4-8H2,1-3H3,(H,18,25)(H4,15,16,17). The van der Waals surface area contributed by atoms with E-state index in [0.717, 1.165) is 17.8 Å². The fourth-order valence-corrected chi connectivity index (χ4v) is 2.28. The first kappa shape index (κ1) is 18.4. The van der Waals surface area contributed by atoms with Crippen LogP contribution >= 0.6 is 0 Å². The van der Waals surface area contributed by atoms with E-state index in [-0.39, 0.29) is 5.96 Å². The summed E-state index contributed by atoms with van der Waals surface area (Å²) in [6.07, 6.45) is 0.606. The van der Waals surface area contributed by atoms with Gasteiger partial charge in [0.25, 0.3) is 0 Å². The maximum Gasteiger partial charge on any atom is 0.345 e. The van der Waals surface area contributed by atoms with Crippen LogP contribution in [-0.2, 0) is 0 Å².